The summed E-state index contributed by atoms with van der Waals surface area (Å²) in [6.45, 7) is 4.34. The fourth-order valence-electron chi connectivity index (χ4n) is 3.32. The third kappa shape index (κ3) is 2.49. The smallest absolute Gasteiger partial charge is 0.190 e. The van der Waals surface area contributed by atoms with Crippen molar-refractivity contribution in [3.8, 4) is 5.75 Å². The van der Waals surface area contributed by atoms with Gasteiger partial charge in [-0.1, -0.05) is 55.8 Å². The fourth-order valence-corrected chi connectivity index (χ4v) is 3.45. The summed E-state index contributed by atoms with van der Waals surface area (Å²) in [4.78, 5) is 0. The summed E-state index contributed by atoms with van der Waals surface area (Å²) in [5.74, 6) is 1.35. The zero-order valence-electron chi connectivity index (χ0n) is 13.2. The molecular weight excluding hydrogens is 308 g/mol. The molecule has 2 atom stereocenters. The lowest BCUT2D eigenvalue weighted by molar-refractivity contribution is -0.0461. The zero-order valence-corrected chi connectivity index (χ0v) is 14.0. The Kier molecular flexibility index (Phi) is 3.53. The molecule has 0 aromatic heterocycles. The minimum Gasteiger partial charge on any atom is -0.468 e. The summed E-state index contributed by atoms with van der Waals surface area (Å²) >= 11 is 6.00. The van der Waals surface area contributed by atoms with E-state index in [2.05, 4.69) is 37.1 Å². The third-order valence-corrected chi connectivity index (χ3v) is 4.73. The standard InChI is InChI=1S/C19H19ClN2O/c1-12(2)19-22-17(15-5-3-4-6-18(15)23-19)11-16(21-22)13-7-9-14(20)10-8-13/h3-10,12,17,19H,11H2,1-2H3/t17-,19+/m0/s1. The molecule has 4 rings (SSSR count). The normalized spacial score (nSPS) is 22.4. The first-order valence-electron chi connectivity index (χ1n) is 8.01. The number of benzene rings is 2. The third-order valence-electron chi connectivity index (χ3n) is 4.48. The molecule has 0 saturated heterocycles. The number of hydrogen-bond acceptors (Lipinski definition) is 3. The number of rotatable bonds is 2. The van der Waals surface area contributed by atoms with Crippen molar-refractivity contribution in [2.75, 3.05) is 0 Å². The Morgan fingerprint density at radius 3 is 2.61 bits per heavy atom. The van der Waals surface area contributed by atoms with Crippen molar-refractivity contribution in [2.24, 2.45) is 11.0 Å². The molecule has 4 heteroatoms. The van der Waals surface area contributed by atoms with Crippen LogP contribution in [0, 0.1) is 5.92 Å². The van der Waals surface area contributed by atoms with Gasteiger partial charge in [0.25, 0.3) is 0 Å². The van der Waals surface area contributed by atoms with Gasteiger partial charge in [0, 0.05) is 22.9 Å². The molecular formula is C19H19ClN2O. The first-order valence-corrected chi connectivity index (χ1v) is 8.38. The van der Waals surface area contributed by atoms with Crippen LogP contribution in [0.1, 0.15) is 37.4 Å². The lowest BCUT2D eigenvalue weighted by Gasteiger charge is -2.39. The average Bonchev–Trinajstić information content (AvgIpc) is 3.00. The lowest BCUT2D eigenvalue weighted by Crippen LogP contribution is -2.43. The monoisotopic (exact) mass is 326 g/mol. The maximum atomic E-state index is 6.21. The van der Waals surface area contributed by atoms with Crippen molar-refractivity contribution in [2.45, 2.75) is 32.5 Å². The summed E-state index contributed by atoms with van der Waals surface area (Å²) < 4.78 is 6.21. The van der Waals surface area contributed by atoms with E-state index in [0.29, 0.717) is 5.92 Å². The molecule has 0 aliphatic carbocycles. The Bertz CT molecular complexity index is 754. The topological polar surface area (TPSA) is 24.8 Å². The first-order chi connectivity index (χ1) is 11.1. The van der Waals surface area contributed by atoms with Crippen LogP contribution in [0.15, 0.2) is 53.6 Å². The Morgan fingerprint density at radius 1 is 1.13 bits per heavy atom. The number of hydrazone groups is 1. The van der Waals surface area contributed by atoms with Crippen molar-refractivity contribution in [3.05, 3.63) is 64.7 Å². The highest BCUT2D eigenvalue weighted by Crippen LogP contribution is 2.44. The van der Waals surface area contributed by atoms with Gasteiger partial charge in [0.2, 0.25) is 0 Å². The second-order valence-corrected chi connectivity index (χ2v) is 6.88. The minimum absolute atomic E-state index is 0.0281. The number of hydrogen-bond donors (Lipinski definition) is 0. The van der Waals surface area contributed by atoms with Crippen LogP contribution in [-0.2, 0) is 0 Å². The van der Waals surface area contributed by atoms with Gasteiger partial charge in [-0.15, -0.1) is 0 Å². The predicted molar refractivity (Wildman–Crippen MR) is 92.9 cm³/mol. The quantitative estimate of drug-likeness (QED) is 0.786. The predicted octanol–water partition coefficient (Wildman–Crippen LogP) is 4.87. The largest absolute Gasteiger partial charge is 0.468 e. The molecule has 2 heterocycles. The van der Waals surface area contributed by atoms with Crippen LogP contribution >= 0.6 is 11.6 Å². The summed E-state index contributed by atoms with van der Waals surface area (Å²) in [6, 6.07) is 16.5. The summed E-state index contributed by atoms with van der Waals surface area (Å²) in [5.41, 5.74) is 3.44. The van der Waals surface area contributed by atoms with Gasteiger partial charge in [0.05, 0.1) is 11.8 Å². The SMILES string of the molecule is CC(C)[C@H]1Oc2ccccc2[C@@H]2CC(c3ccc(Cl)cc3)=NN12. The van der Waals surface area contributed by atoms with Crippen molar-refractivity contribution < 1.29 is 4.74 Å². The Hall–Kier alpha value is -2.00. The van der Waals surface area contributed by atoms with E-state index in [-0.39, 0.29) is 12.3 Å². The second-order valence-electron chi connectivity index (χ2n) is 6.44. The molecule has 0 amide bonds. The van der Waals surface area contributed by atoms with Crippen molar-refractivity contribution in [1.29, 1.82) is 0 Å². The lowest BCUT2D eigenvalue weighted by atomic mass is 9.95. The number of fused-ring (bicyclic) bond motifs is 3. The van der Waals surface area contributed by atoms with E-state index in [9.17, 15) is 0 Å². The fraction of sp³-hybridized carbons (Fsp3) is 0.316. The molecule has 2 aliphatic heterocycles. The van der Waals surface area contributed by atoms with Crippen LogP contribution in [0.2, 0.25) is 5.02 Å². The first kappa shape index (κ1) is 14.6. The van der Waals surface area contributed by atoms with Gasteiger partial charge in [-0.3, -0.25) is 0 Å². The van der Waals surface area contributed by atoms with Crippen LogP contribution in [-0.4, -0.2) is 16.9 Å². The van der Waals surface area contributed by atoms with Gasteiger partial charge in [-0.05, 0) is 23.8 Å². The minimum atomic E-state index is -0.0281. The number of ether oxygens (including phenoxy) is 1. The van der Waals surface area contributed by atoms with Crippen molar-refractivity contribution in [1.82, 2.24) is 5.01 Å². The summed E-state index contributed by atoms with van der Waals surface area (Å²) in [5, 5.41) is 7.78. The van der Waals surface area contributed by atoms with Gasteiger partial charge in [0.1, 0.15) is 5.75 Å². The van der Waals surface area contributed by atoms with Crippen molar-refractivity contribution >= 4 is 17.3 Å². The van der Waals surface area contributed by atoms with Gasteiger partial charge in [-0.2, -0.15) is 5.10 Å². The highest BCUT2D eigenvalue weighted by molar-refractivity contribution is 6.30. The molecule has 0 spiro atoms. The molecule has 118 valence electrons. The van der Waals surface area contributed by atoms with E-state index in [0.717, 1.165) is 28.5 Å². The van der Waals surface area contributed by atoms with Gasteiger partial charge in [0.15, 0.2) is 6.23 Å². The van der Waals surface area contributed by atoms with E-state index in [4.69, 9.17) is 21.4 Å². The zero-order chi connectivity index (χ0) is 16.0. The highest BCUT2D eigenvalue weighted by atomic mass is 35.5. The van der Waals surface area contributed by atoms with E-state index in [1.54, 1.807) is 0 Å². The maximum Gasteiger partial charge on any atom is 0.190 e. The Labute approximate surface area is 141 Å². The molecule has 0 N–H and O–H groups in total. The Balaban J connectivity index is 1.74. The van der Waals surface area contributed by atoms with Crippen molar-refractivity contribution in [3.63, 3.8) is 0 Å². The molecule has 0 radical (unpaired) electrons. The molecule has 0 fully saturated rings. The molecule has 23 heavy (non-hydrogen) atoms. The van der Waals surface area contributed by atoms with Gasteiger partial charge < -0.3 is 4.74 Å². The summed E-state index contributed by atoms with van der Waals surface area (Å²) in [7, 11) is 0. The van der Waals surface area contributed by atoms with Gasteiger partial charge >= 0.3 is 0 Å². The molecule has 2 aliphatic rings. The van der Waals surface area contributed by atoms with Crippen LogP contribution in [0.25, 0.3) is 0 Å². The number of para-hydroxylation sites is 1. The van der Waals surface area contributed by atoms with Gasteiger partial charge in [-0.25, -0.2) is 5.01 Å². The second kappa shape index (κ2) is 5.57. The number of nitrogens with zero attached hydrogens (tertiary/aromatic N) is 2. The van der Waals surface area contributed by atoms with Crippen LogP contribution in [0.5, 0.6) is 5.75 Å². The summed E-state index contributed by atoms with van der Waals surface area (Å²) in [6.07, 6.45) is 0.866. The molecule has 2 aromatic carbocycles. The molecule has 0 bridgehead atoms. The van der Waals surface area contributed by atoms with Crippen LogP contribution in [0.3, 0.4) is 0 Å². The Morgan fingerprint density at radius 2 is 1.87 bits per heavy atom. The van der Waals surface area contributed by atoms with Crippen LogP contribution < -0.4 is 4.74 Å². The van der Waals surface area contributed by atoms with E-state index >= 15 is 0 Å². The number of halogens is 1. The van der Waals surface area contributed by atoms with E-state index in [1.807, 2.05) is 30.3 Å². The highest BCUT2D eigenvalue weighted by Gasteiger charge is 2.41. The molecule has 3 nitrogen and oxygen atoms in total. The molecule has 2 aromatic rings. The maximum absolute atomic E-state index is 6.21. The van der Waals surface area contributed by atoms with E-state index in [1.165, 1.54) is 5.56 Å². The average molecular weight is 327 g/mol. The van der Waals surface area contributed by atoms with Crippen LogP contribution in [0.4, 0.5) is 0 Å². The molecule has 0 saturated carbocycles. The van der Waals surface area contributed by atoms with E-state index < -0.39 is 0 Å². The molecule has 0 unspecified atom stereocenters.